The lowest BCUT2D eigenvalue weighted by molar-refractivity contribution is 0.673. The van der Waals surface area contributed by atoms with Crippen LogP contribution in [0.5, 0.6) is 0 Å². The number of hydrogen-bond donors (Lipinski definition) is 0. The highest BCUT2D eigenvalue weighted by Gasteiger charge is 2.17. The first kappa shape index (κ1) is 28.4. The Bertz CT molecular complexity index is 2850. The van der Waals surface area contributed by atoms with Gasteiger partial charge in [-0.2, -0.15) is 0 Å². The Balaban J connectivity index is 1.07. The van der Waals surface area contributed by atoms with Crippen LogP contribution in [0.4, 0.5) is 17.1 Å². The van der Waals surface area contributed by atoms with Crippen molar-refractivity contribution in [1.82, 2.24) is 0 Å². The number of nitrogens with zero attached hydrogens (tertiary/aromatic N) is 1. The summed E-state index contributed by atoms with van der Waals surface area (Å²) in [5.74, 6) is 0. The van der Waals surface area contributed by atoms with E-state index in [1.54, 1.807) is 0 Å². The second-order valence-electron chi connectivity index (χ2n) is 12.9. The molecule has 0 fully saturated rings. The fraction of sp³-hybridized carbons (Fsp3) is 0. The normalized spacial score (nSPS) is 11.6. The summed E-state index contributed by atoms with van der Waals surface area (Å²) in [6.45, 7) is 0. The fourth-order valence-corrected chi connectivity index (χ4v) is 7.60. The molecule has 1 heterocycles. The number of fused-ring (bicyclic) bond motifs is 8. The maximum absolute atomic E-state index is 6.54. The summed E-state index contributed by atoms with van der Waals surface area (Å²) in [6.07, 6.45) is 0. The number of hydrogen-bond acceptors (Lipinski definition) is 2. The molecule has 0 amide bonds. The van der Waals surface area contributed by atoms with Crippen molar-refractivity contribution >= 4 is 71.3 Å². The minimum absolute atomic E-state index is 0.898. The van der Waals surface area contributed by atoms with Crippen LogP contribution in [0.25, 0.3) is 76.5 Å². The Hall–Kier alpha value is -6.64. The standard InChI is InChI=1S/C48H31NO/c1-3-11-33(12-4-1)44-31-46-45-30-35(23-28-47(45)50-48(46)43-18-10-9-17-42(43)44)32-21-24-38(25-22-32)49(37-14-5-2-6-15-37)39-26-27-41-36(29-39)20-19-34-13-7-8-16-40(34)41/h1-31H. The van der Waals surface area contributed by atoms with Gasteiger partial charge in [-0.15, -0.1) is 0 Å². The van der Waals surface area contributed by atoms with Crippen LogP contribution >= 0.6 is 0 Å². The summed E-state index contributed by atoms with van der Waals surface area (Å²) in [4.78, 5) is 2.33. The molecule has 0 unspecified atom stereocenters. The second-order valence-corrected chi connectivity index (χ2v) is 12.9. The van der Waals surface area contributed by atoms with E-state index in [-0.39, 0.29) is 0 Å². The van der Waals surface area contributed by atoms with Gasteiger partial charge >= 0.3 is 0 Å². The van der Waals surface area contributed by atoms with Crippen molar-refractivity contribution in [1.29, 1.82) is 0 Å². The zero-order valence-corrected chi connectivity index (χ0v) is 27.3. The third-order valence-corrected chi connectivity index (χ3v) is 10.0. The van der Waals surface area contributed by atoms with E-state index >= 15 is 0 Å². The Morgan fingerprint density at radius 3 is 1.76 bits per heavy atom. The Morgan fingerprint density at radius 1 is 0.320 bits per heavy atom. The summed E-state index contributed by atoms with van der Waals surface area (Å²) in [7, 11) is 0. The summed E-state index contributed by atoms with van der Waals surface area (Å²) >= 11 is 0. The molecular weight excluding hydrogens is 607 g/mol. The van der Waals surface area contributed by atoms with E-state index in [2.05, 4.69) is 193 Å². The predicted molar refractivity (Wildman–Crippen MR) is 212 cm³/mol. The molecule has 234 valence electrons. The molecule has 2 nitrogen and oxygen atoms in total. The number of para-hydroxylation sites is 1. The number of rotatable bonds is 5. The topological polar surface area (TPSA) is 16.4 Å². The summed E-state index contributed by atoms with van der Waals surface area (Å²) in [5, 5.41) is 9.62. The van der Waals surface area contributed by atoms with Crippen LogP contribution in [0.3, 0.4) is 0 Å². The average molecular weight is 638 g/mol. The van der Waals surface area contributed by atoms with Crippen molar-refractivity contribution in [3.8, 4) is 22.3 Å². The van der Waals surface area contributed by atoms with E-state index in [9.17, 15) is 0 Å². The van der Waals surface area contributed by atoms with Crippen molar-refractivity contribution in [2.24, 2.45) is 0 Å². The van der Waals surface area contributed by atoms with Crippen molar-refractivity contribution in [3.63, 3.8) is 0 Å². The minimum Gasteiger partial charge on any atom is -0.455 e. The van der Waals surface area contributed by atoms with Gasteiger partial charge in [0.25, 0.3) is 0 Å². The second kappa shape index (κ2) is 11.5. The Labute approximate surface area is 290 Å². The molecule has 10 rings (SSSR count). The zero-order valence-electron chi connectivity index (χ0n) is 27.3. The molecule has 1 aromatic heterocycles. The number of furan rings is 1. The van der Waals surface area contributed by atoms with E-state index in [1.165, 1.54) is 38.1 Å². The summed E-state index contributed by atoms with van der Waals surface area (Å²) in [5.41, 5.74) is 9.92. The molecule has 0 bridgehead atoms. The van der Waals surface area contributed by atoms with Crippen molar-refractivity contribution in [3.05, 3.63) is 188 Å². The molecule has 0 aliphatic rings. The van der Waals surface area contributed by atoms with Gasteiger partial charge in [0.15, 0.2) is 0 Å². The lowest BCUT2D eigenvalue weighted by Gasteiger charge is -2.26. The smallest absolute Gasteiger partial charge is 0.143 e. The molecule has 0 saturated heterocycles. The van der Waals surface area contributed by atoms with Crippen LogP contribution in [0.2, 0.25) is 0 Å². The summed E-state index contributed by atoms with van der Waals surface area (Å²) < 4.78 is 6.54. The number of benzene rings is 9. The summed E-state index contributed by atoms with van der Waals surface area (Å²) in [6, 6.07) is 67.4. The third kappa shape index (κ3) is 4.65. The molecule has 0 aliphatic heterocycles. The molecule has 0 N–H and O–H groups in total. The van der Waals surface area contributed by atoms with Gasteiger partial charge in [0, 0.05) is 33.2 Å². The van der Waals surface area contributed by atoms with Gasteiger partial charge in [-0.05, 0) is 104 Å². The van der Waals surface area contributed by atoms with Gasteiger partial charge in [-0.3, -0.25) is 0 Å². The van der Waals surface area contributed by atoms with Crippen LogP contribution in [0, 0.1) is 0 Å². The quantitative estimate of drug-likeness (QED) is 0.175. The molecule has 0 spiro atoms. The molecule has 0 atom stereocenters. The maximum atomic E-state index is 6.54. The van der Waals surface area contributed by atoms with Crippen LogP contribution in [0.1, 0.15) is 0 Å². The van der Waals surface area contributed by atoms with E-state index in [0.29, 0.717) is 0 Å². The van der Waals surface area contributed by atoms with Gasteiger partial charge in [0.1, 0.15) is 11.2 Å². The zero-order chi connectivity index (χ0) is 33.0. The van der Waals surface area contributed by atoms with Crippen LogP contribution in [-0.4, -0.2) is 0 Å². The molecule has 0 radical (unpaired) electrons. The maximum Gasteiger partial charge on any atom is 0.143 e. The first-order valence-electron chi connectivity index (χ1n) is 17.1. The Kier molecular flexibility index (Phi) is 6.53. The molecule has 50 heavy (non-hydrogen) atoms. The molecule has 10 aromatic rings. The lowest BCUT2D eigenvalue weighted by atomic mass is 9.95. The van der Waals surface area contributed by atoms with Gasteiger partial charge in [0.05, 0.1) is 0 Å². The van der Waals surface area contributed by atoms with Crippen LogP contribution in [-0.2, 0) is 0 Å². The molecule has 2 heteroatoms. The van der Waals surface area contributed by atoms with Crippen molar-refractivity contribution < 1.29 is 4.42 Å². The molecule has 0 saturated carbocycles. The van der Waals surface area contributed by atoms with Crippen LogP contribution in [0.15, 0.2) is 192 Å². The highest BCUT2D eigenvalue weighted by molar-refractivity contribution is 6.19. The number of anilines is 3. The van der Waals surface area contributed by atoms with E-state index < -0.39 is 0 Å². The molecular formula is C48H31NO. The van der Waals surface area contributed by atoms with Gasteiger partial charge < -0.3 is 9.32 Å². The lowest BCUT2D eigenvalue weighted by Crippen LogP contribution is -2.09. The minimum atomic E-state index is 0.898. The SMILES string of the molecule is c1ccc(-c2cc3c4cc(-c5ccc(N(c6ccccc6)c6ccc7c(ccc8ccccc87)c6)cc5)ccc4oc3c3ccccc23)cc1. The highest BCUT2D eigenvalue weighted by Crippen LogP contribution is 2.42. The third-order valence-electron chi connectivity index (χ3n) is 10.0. The van der Waals surface area contributed by atoms with Gasteiger partial charge in [-0.25, -0.2) is 0 Å². The Morgan fingerprint density at radius 2 is 0.940 bits per heavy atom. The van der Waals surface area contributed by atoms with E-state index in [1.807, 2.05) is 0 Å². The van der Waals surface area contributed by atoms with Gasteiger partial charge in [-0.1, -0.05) is 133 Å². The largest absolute Gasteiger partial charge is 0.455 e. The fourth-order valence-electron chi connectivity index (χ4n) is 7.60. The van der Waals surface area contributed by atoms with Gasteiger partial charge in [0.2, 0.25) is 0 Å². The van der Waals surface area contributed by atoms with E-state index in [4.69, 9.17) is 4.42 Å². The van der Waals surface area contributed by atoms with E-state index in [0.717, 1.165) is 55.5 Å². The average Bonchev–Trinajstić information content (AvgIpc) is 3.57. The van der Waals surface area contributed by atoms with Crippen molar-refractivity contribution in [2.75, 3.05) is 4.90 Å². The van der Waals surface area contributed by atoms with Crippen molar-refractivity contribution in [2.45, 2.75) is 0 Å². The highest BCUT2D eigenvalue weighted by atomic mass is 16.3. The molecule has 0 aliphatic carbocycles. The molecule has 9 aromatic carbocycles. The first-order chi connectivity index (χ1) is 24.8. The predicted octanol–water partition coefficient (Wildman–Crippen LogP) is 13.8. The van der Waals surface area contributed by atoms with Crippen LogP contribution < -0.4 is 4.90 Å². The first-order valence-corrected chi connectivity index (χ1v) is 17.1. The monoisotopic (exact) mass is 637 g/mol.